The van der Waals surface area contributed by atoms with E-state index in [9.17, 15) is 4.79 Å². The molecule has 0 unspecified atom stereocenters. The van der Waals surface area contributed by atoms with Gasteiger partial charge in [0, 0.05) is 17.1 Å². The second-order valence-electron chi connectivity index (χ2n) is 7.36. The van der Waals surface area contributed by atoms with Gasteiger partial charge in [-0.15, -0.1) is 10.2 Å². The molecule has 0 radical (unpaired) electrons. The van der Waals surface area contributed by atoms with Crippen molar-refractivity contribution in [3.63, 3.8) is 0 Å². The first-order chi connectivity index (χ1) is 14.4. The molecule has 0 bridgehead atoms. The van der Waals surface area contributed by atoms with Crippen LogP contribution in [0.4, 0.5) is 5.69 Å². The number of aromatic nitrogens is 6. The number of rotatable bonds is 6. The van der Waals surface area contributed by atoms with Crippen LogP contribution in [0.15, 0.2) is 47.9 Å². The van der Waals surface area contributed by atoms with Crippen LogP contribution in [-0.2, 0) is 4.79 Å². The van der Waals surface area contributed by atoms with E-state index in [1.165, 1.54) is 17.3 Å². The lowest BCUT2D eigenvalue weighted by Gasteiger charge is -2.09. The highest BCUT2D eigenvalue weighted by atomic mass is 32.2. The molecule has 1 N–H and O–H groups in total. The van der Waals surface area contributed by atoms with Gasteiger partial charge in [0.1, 0.15) is 5.82 Å². The van der Waals surface area contributed by atoms with Crippen LogP contribution in [0.2, 0.25) is 0 Å². The molecular weight excluding hydrogens is 398 g/mol. The smallest absolute Gasteiger partial charge is 0.234 e. The highest BCUT2D eigenvalue weighted by Gasteiger charge is 2.14. The maximum atomic E-state index is 12.5. The summed E-state index contributed by atoms with van der Waals surface area (Å²) < 4.78 is 3.81. The van der Waals surface area contributed by atoms with Crippen LogP contribution in [0.3, 0.4) is 0 Å². The molecular formula is C21H23N7OS. The van der Waals surface area contributed by atoms with E-state index >= 15 is 0 Å². The minimum absolute atomic E-state index is 0.131. The minimum Gasteiger partial charge on any atom is -0.324 e. The molecule has 30 heavy (non-hydrogen) atoms. The molecule has 0 aliphatic heterocycles. The SMILES string of the molecule is Cc1ccc(-n2c(C)nnc2SCC(=O)Nc2cnc3c(cnn3C(C)C)c2)cc1. The molecule has 1 amide bonds. The fourth-order valence-corrected chi connectivity index (χ4v) is 3.94. The molecule has 8 nitrogen and oxygen atoms in total. The Bertz CT molecular complexity index is 1190. The molecule has 0 aliphatic carbocycles. The highest BCUT2D eigenvalue weighted by Crippen LogP contribution is 2.23. The van der Waals surface area contributed by atoms with E-state index in [0.717, 1.165) is 22.5 Å². The van der Waals surface area contributed by atoms with Crippen LogP contribution in [0.1, 0.15) is 31.3 Å². The van der Waals surface area contributed by atoms with Crippen LogP contribution in [0.25, 0.3) is 16.7 Å². The van der Waals surface area contributed by atoms with Gasteiger partial charge in [-0.05, 0) is 45.9 Å². The number of pyridine rings is 1. The molecule has 0 saturated carbocycles. The summed E-state index contributed by atoms with van der Waals surface area (Å²) in [6.45, 7) is 8.05. The van der Waals surface area contributed by atoms with Crippen molar-refractivity contribution in [2.45, 2.75) is 38.9 Å². The number of aryl methyl sites for hydroxylation is 2. The monoisotopic (exact) mass is 421 g/mol. The Balaban J connectivity index is 1.44. The van der Waals surface area contributed by atoms with Gasteiger partial charge in [0.05, 0.1) is 23.8 Å². The molecule has 0 spiro atoms. The van der Waals surface area contributed by atoms with Crippen LogP contribution in [-0.4, -0.2) is 41.2 Å². The molecule has 0 saturated heterocycles. The standard InChI is InChI=1S/C21H23N7OS/c1-13(2)28-20-16(10-23-28)9-17(11-22-20)24-19(29)12-30-21-26-25-15(4)27(21)18-7-5-14(3)6-8-18/h5-11,13H,12H2,1-4H3,(H,24,29). The Hall–Kier alpha value is -3.20. The van der Waals surface area contributed by atoms with E-state index < -0.39 is 0 Å². The summed E-state index contributed by atoms with van der Waals surface area (Å²) in [7, 11) is 0. The summed E-state index contributed by atoms with van der Waals surface area (Å²) in [6.07, 6.45) is 3.42. The quantitative estimate of drug-likeness (QED) is 0.474. The molecule has 3 heterocycles. The third-order valence-electron chi connectivity index (χ3n) is 4.63. The van der Waals surface area contributed by atoms with Gasteiger partial charge in [0.15, 0.2) is 10.8 Å². The fraction of sp³-hybridized carbons (Fsp3) is 0.286. The molecule has 0 fully saturated rings. The number of anilines is 1. The Kier molecular flexibility index (Phi) is 5.54. The van der Waals surface area contributed by atoms with E-state index in [1.54, 1.807) is 12.4 Å². The zero-order valence-electron chi connectivity index (χ0n) is 17.3. The first kappa shape index (κ1) is 20.1. The minimum atomic E-state index is -0.131. The summed E-state index contributed by atoms with van der Waals surface area (Å²) >= 11 is 1.35. The van der Waals surface area contributed by atoms with Crippen LogP contribution in [0, 0.1) is 13.8 Å². The number of carbonyl (C=O) groups is 1. The molecule has 0 aliphatic rings. The van der Waals surface area contributed by atoms with Crippen molar-refractivity contribution in [3.8, 4) is 5.69 Å². The number of hydrogen-bond donors (Lipinski definition) is 1. The number of amides is 1. The van der Waals surface area contributed by atoms with E-state index in [4.69, 9.17) is 0 Å². The van der Waals surface area contributed by atoms with Crippen molar-refractivity contribution in [2.24, 2.45) is 0 Å². The van der Waals surface area contributed by atoms with Crippen LogP contribution in [0.5, 0.6) is 0 Å². The average Bonchev–Trinajstić information content (AvgIpc) is 3.30. The summed E-state index contributed by atoms with van der Waals surface area (Å²) in [4.78, 5) is 16.9. The zero-order chi connectivity index (χ0) is 21.3. The molecule has 9 heteroatoms. The third-order valence-corrected chi connectivity index (χ3v) is 5.55. The first-order valence-electron chi connectivity index (χ1n) is 9.67. The van der Waals surface area contributed by atoms with Crippen LogP contribution < -0.4 is 5.32 Å². The predicted octanol–water partition coefficient (Wildman–Crippen LogP) is 3.94. The van der Waals surface area contributed by atoms with Crippen molar-refractivity contribution < 1.29 is 4.79 Å². The zero-order valence-corrected chi connectivity index (χ0v) is 18.1. The van der Waals surface area contributed by atoms with Crippen molar-refractivity contribution in [2.75, 3.05) is 11.1 Å². The topological polar surface area (TPSA) is 90.5 Å². The van der Waals surface area contributed by atoms with Gasteiger partial charge in [-0.3, -0.25) is 9.36 Å². The Morgan fingerprint density at radius 3 is 2.63 bits per heavy atom. The number of thioether (sulfide) groups is 1. The maximum absolute atomic E-state index is 12.5. The number of benzene rings is 1. The predicted molar refractivity (Wildman–Crippen MR) is 118 cm³/mol. The maximum Gasteiger partial charge on any atom is 0.234 e. The number of nitrogens with one attached hydrogen (secondary N) is 1. The number of hydrogen-bond acceptors (Lipinski definition) is 6. The first-order valence-corrected chi connectivity index (χ1v) is 10.7. The van der Waals surface area contributed by atoms with Gasteiger partial charge < -0.3 is 5.32 Å². The molecule has 0 atom stereocenters. The lowest BCUT2D eigenvalue weighted by Crippen LogP contribution is -2.15. The molecule has 4 rings (SSSR count). The van der Waals surface area contributed by atoms with Gasteiger partial charge >= 0.3 is 0 Å². The van der Waals surface area contributed by atoms with Gasteiger partial charge in [0.2, 0.25) is 5.91 Å². The van der Waals surface area contributed by atoms with Crippen LogP contribution >= 0.6 is 11.8 Å². The second-order valence-corrected chi connectivity index (χ2v) is 8.30. The van der Waals surface area contributed by atoms with Gasteiger partial charge in [-0.25, -0.2) is 9.67 Å². The van der Waals surface area contributed by atoms with Gasteiger partial charge in [0.25, 0.3) is 0 Å². The van der Waals surface area contributed by atoms with E-state index in [1.807, 2.05) is 53.4 Å². The van der Waals surface area contributed by atoms with Crippen molar-refractivity contribution in [1.29, 1.82) is 0 Å². The summed E-state index contributed by atoms with van der Waals surface area (Å²) in [6, 6.07) is 10.2. The number of nitrogens with zero attached hydrogens (tertiary/aromatic N) is 6. The lowest BCUT2D eigenvalue weighted by molar-refractivity contribution is -0.113. The van der Waals surface area contributed by atoms with E-state index in [-0.39, 0.29) is 17.7 Å². The van der Waals surface area contributed by atoms with Gasteiger partial charge in [-0.2, -0.15) is 5.10 Å². The number of fused-ring (bicyclic) bond motifs is 1. The van der Waals surface area contributed by atoms with Crippen molar-refractivity contribution in [1.82, 2.24) is 29.5 Å². The molecule has 1 aromatic carbocycles. The fourth-order valence-electron chi connectivity index (χ4n) is 3.14. The molecule has 154 valence electrons. The van der Waals surface area contributed by atoms with E-state index in [2.05, 4.69) is 39.4 Å². The summed E-state index contributed by atoms with van der Waals surface area (Å²) in [5.74, 6) is 0.861. The Labute approximate surface area is 178 Å². The lowest BCUT2D eigenvalue weighted by atomic mass is 10.2. The average molecular weight is 422 g/mol. The Morgan fingerprint density at radius 1 is 1.13 bits per heavy atom. The van der Waals surface area contributed by atoms with E-state index in [0.29, 0.717) is 10.8 Å². The third kappa shape index (κ3) is 4.06. The highest BCUT2D eigenvalue weighted by molar-refractivity contribution is 7.99. The molecule has 3 aromatic heterocycles. The van der Waals surface area contributed by atoms with Crippen molar-refractivity contribution >= 4 is 34.4 Å². The van der Waals surface area contributed by atoms with Crippen molar-refractivity contribution in [3.05, 3.63) is 54.1 Å². The largest absolute Gasteiger partial charge is 0.324 e. The molecule has 4 aromatic rings. The normalized spacial score (nSPS) is 11.4. The second kappa shape index (κ2) is 8.27. The summed E-state index contributed by atoms with van der Waals surface area (Å²) in [5.41, 5.74) is 3.61. The van der Waals surface area contributed by atoms with Gasteiger partial charge in [-0.1, -0.05) is 29.5 Å². The Morgan fingerprint density at radius 2 is 1.90 bits per heavy atom. The summed E-state index contributed by atoms with van der Waals surface area (Å²) in [5, 5.41) is 17.2. The number of carbonyl (C=O) groups excluding carboxylic acids is 1.